The van der Waals surface area contributed by atoms with Gasteiger partial charge in [0.2, 0.25) is 0 Å². The smallest absolute Gasteiger partial charge is 0.0731 e. The second-order valence-corrected chi connectivity index (χ2v) is 4.27. The summed E-state index contributed by atoms with van der Waals surface area (Å²) in [5.41, 5.74) is 1.21. The van der Waals surface area contributed by atoms with Crippen LogP contribution in [0.3, 0.4) is 0 Å². The Morgan fingerprint density at radius 1 is 1.29 bits per heavy atom. The lowest BCUT2D eigenvalue weighted by molar-refractivity contribution is 0.0679. The van der Waals surface area contributed by atoms with Crippen LogP contribution in [0.15, 0.2) is 12.3 Å². The molecule has 0 saturated carbocycles. The van der Waals surface area contributed by atoms with E-state index in [9.17, 15) is 5.11 Å². The molecular formula is C11H19NO2. The van der Waals surface area contributed by atoms with Crippen LogP contribution in [-0.4, -0.2) is 42.4 Å². The summed E-state index contributed by atoms with van der Waals surface area (Å²) in [6.45, 7) is 7.62. The third-order valence-corrected chi connectivity index (χ3v) is 3.26. The quantitative estimate of drug-likeness (QED) is 0.716. The third kappa shape index (κ3) is 2.10. The van der Waals surface area contributed by atoms with Gasteiger partial charge in [0.25, 0.3) is 0 Å². The van der Waals surface area contributed by atoms with Crippen LogP contribution in [0.2, 0.25) is 0 Å². The highest BCUT2D eigenvalue weighted by atomic mass is 16.5. The molecule has 2 aliphatic rings. The molecule has 3 nitrogen and oxygen atoms in total. The molecule has 2 aliphatic heterocycles. The molecule has 0 aromatic heterocycles. The Labute approximate surface area is 85.4 Å². The molecule has 14 heavy (non-hydrogen) atoms. The van der Waals surface area contributed by atoms with E-state index >= 15 is 0 Å². The van der Waals surface area contributed by atoms with Crippen molar-refractivity contribution in [3.8, 4) is 0 Å². The van der Waals surface area contributed by atoms with Gasteiger partial charge in [-0.05, 0) is 19.3 Å². The van der Waals surface area contributed by atoms with Crippen LogP contribution in [-0.2, 0) is 4.74 Å². The van der Waals surface area contributed by atoms with Crippen molar-refractivity contribution in [2.75, 3.05) is 26.3 Å². The molecule has 2 fully saturated rings. The Morgan fingerprint density at radius 3 is 2.57 bits per heavy atom. The number of hydrogen-bond donors (Lipinski definition) is 1. The Hall–Kier alpha value is -0.540. The lowest BCUT2D eigenvalue weighted by Gasteiger charge is -2.30. The Bertz CT molecular complexity index is 205. The van der Waals surface area contributed by atoms with Crippen LogP contribution in [0.5, 0.6) is 0 Å². The highest BCUT2D eigenvalue weighted by molar-refractivity contribution is 5.03. The van der Waals surface area contributed by atoms with Crippen LogP contribution in [0, 0.1) is 5.92 Å². The van der Waals surface area contributed by atoms with Crippen molar-refractivity contribution in [3.63, 3.8) is 0 Å². The molecule has 1 unspecified atom stereocenters. The first kappa shape index (κ1) is 9.99. The normalized spacial score (nSPS) is 29.5. The fraction of sp³-hybridized carbons (Fsp3) is 0.818. The maximum absolute atomic E-state index is 9.44. The van der Waals surface area contributed by atoms with Crippen LogP contribution in [0.4, 0.5) is 0 Å². The van der Waals surface area contributed by atoms with Crippen molar-refractivity contribution in [1.29, 1.82) is 0 Å². The number of aliphatic hydroxyl groups is 1. The summed E-state index contributed by atoms with van der Waals surface area (Å²) in [5, 5.41) is 9.44. The van der Waals surface area contributed by atoms with Gasteiger partial charge < -0.3 is 14.7 Å². The summed E-state index contributed by atoms with van der Waals surface area (Å²) in [5.74, 6) is 0.578. The fourth-order valence-corrected chi connectivity index (χ4v) is 2.29. The Balaban J connectivity index is 1.87. The van der Waals surface area contributed by atoms with Gasteiger partial charge in [-0.25, -0.2) is 0 Å². The van der Waals surface area contributed by atoms with Gasteiger partial charge in [-0.3, -0.25) is 0 Å². The van der Waals surface area contributed by atoms with E-state index < -0.39 is 0 Å². The fourth-order valence-electron chi connectivity index (χ4n) is 2.29. The third-order valence-electron chi connectivity index (χ3n) is 3.26. The molecule has 0 aromatic carbocycles. The number of aliphatic hydroxyl groups excluding tert-OH is 1. The number of ether oxygens (including phenoxy) is 1. The van der Waals surface area contributed by atoms with E-state index in [1.54, 1.807) is 0 Å². The largest absolute Gasteiger partial charge is 0.391 e. The van der Waals surface area contributed by atoms with Crippen LogP contribution >= 0.6 is 0 Å². The molecule has 0 radical (unpaired) electrons. The minimum absolute atomic E-state index is 0.147. The van der Waals surface area contributed by atoms with Crippen LogP contribution in [0.25, 0.3) is 0 Å². The maximum atomic E-state index is 9.44. The van der Waals surface area contributed by atoms with Crippen molar-refractivity contribution < 1.29 is 9.84 Å². The number of likely N-dealkylation sites (tertiary alicyclic amines) is 1. The molecular weight excluding hydrogens is 178 g/mol. The molecule has 1 atom stereocenters. The van der Waals surface area contributed by atoms with Crippen molar-refractivity contribution in [3.05, 3.63) is 12.3 Å². The molecule has 0 aromatic rings. The number of β-amino-alcohol motifs (C(OH)–C–C–N with tert-alkyl or cyclic N) is 1. The van der Waals surface area contributed by atoms with E-state index in [4.69, 9.17) is 4.74 Å². The van der Waals surface area contributed by atoms with Gasteiger partial charge in [-0.2, -0.15) is 0 Å². The predicted molar refractivity (Wildman–Crippen MR) is 54.9 cm³/mol. The average Bonchev–Trinajstić information content (AvgIpc) is 2.65. The topological polar surface area (TPSA) is 32.7 Å². The molecule has 2 heterocycles. The monoisotopic (exact) mass is 197 g/mol. The number of hydrogen-bond acceptors (Lipinski definition) is 3. The summed E-state index contributed by atoms with van der Waals surface area (Å²) in [4.78, 5) is 2.24. The number of nitrogens with zero attached hydrogens (tertiary/aromatic N) is 1. The predicted octanol–water partition coefficient (Wildman–Crippen LogP) is 0.993. The van der Waals surface area contributed by atoms with Gasteiger partial charge in [0.1, 0.15) is 0 Å². The van der Waals surface area contributed by atoms with E-state index in [0.717, 1.165) is 45.6 Å². The van der Waals surface area contributed by atoms with Gasteiger partial charge in [0, 0.05) is 37.9 Å². The molecule has 0 spiro atoms. The van der Waals surface area contributed by atoms with Crippen molar-refractivity contribution in [2.24, 2.45) is 5.92 Å². The molecule has 1 N–H and O–H groups in total. The zero-order chi connectivity index (χ0) is 9.97. The van der Waals surface area contributed by atoms with Gasteiger partial charge in [-0.15, -0.1) is 0 Å². The molecule has 0 aliphatic carbocycles. The average molecular weight is 197 g/mol. The Morgan fingerprint density at radius 2 is 2.00 bits per heavy atom. The van der Waals surface area contributed by atoms with Gasteiger partial charge in [0.15, 0.2) is 0 Å². The van der Waals surface area contributed by atoms with Crippen molar-refractivity contribution >= 4 is 0 Å². The Kier molecular flexibility index (Phi) is 3.08. The maximum Gasteiger partial charge on any atom is 0.0731 e. The molecule has 2 rings (SSSR count). The van der Waals surface area contributed by atoms with E-state index in [1.807, 2.05) is 0 Å². The van der Waals surface area contributed by atoms with Gasteiger partial charge in [0.05, 0.1) is 6.10 Å². The second-order valence-electron chi connectivity index (χ2n) is 4.27. The van der Waals surface area contributed by atoms with Gasteiger partial charge in [-0.1, -0.05) is 6.58 Å². The summed E-state index contributed by atoms with van der Waals surface area (Å²) < 4.78 is 5.32. The van der Waals surface area contributed by atoms with E-state index in [0.29, 0.717) is 5.92 Å². The lowest BCUT2D eigenvalue weighted by Crippen LogP contribution is -2.28. The molecule has 80 valence electrons. The summed E-state index contributed by atoms with van der Waals surface area (Å²) in [6.07, 6.45) is 2.92. The summed E-state index contributed by atoms with van der Waals surface area (Å²) >= 11 is 0. The molecule has 2 saturated heterocycles. The molecule has 0 bridgehead atoms. The number of rotatable bonds is 2. The van der Waals surface area contributed by atoms with Gasteiger partial charge >= 0.3 is 0 Å². The van der Waals surface area contributed by atoms with Crippen molar-refractivity contribution in [1.82, 2.24) is 4.90 Å². The van der Waals surface area contributed by atoms with Crippen LogP contribution < -0.4 is 0 Å². The first-order valence-corrected chi connectivity index (χ1v) is 5.47. The minimum Gasteiger partial charge on any atom is -0.391 e. The minimum atomic E-state index is -0.147. The van der Waals surface area contributed by atoms with E-state index in [-0.39, 0.29) is 6.10 Å². The summed E-state index contributed by atoms with van der Waals surface area (Å²) in [6, 6.07) is 0. The SMILES string of the molecule is C=C(C1CCOCC1)N1CCC(O)C1. The lowest BCUT2D eigenvalue weighted by atomic mass is 9.96. The first-order chi connectivity index (χ1) is 6.77. The van der Waals surface area contributed by atoms with E-state index in [1.165, 1.54) is 5.70 Å². The highest BCUT2D eigenvalue weighted by Gasteiger charge is 2.26. The molecule has 3 heteroatoms. The second kappa shape index (κ2) is 4.32. The molecule has 0 amide bonds. The standard InChI is InChI=1S/C11H19NO2/c1-9(10-3-6-14-7-4-10)12-5-2-11(13)8-12/h10-11,13H,1-8H2. The zero-order valence-electron chi connectivity index (χ0n) is 8.61. The summed E-state index contributed by atoms with van der Waals surface area (Å²) in [7, 11) is 0. The first-order valence-electron chi connectivity index (χ1n) is 5.47. The van der Waals surface area contributed by atoms with E-state index in [2.05, 4.69) is 11.5 Å². The zero-order valence-corrected chi connectivity index (χ0v) is 8.61. The van der Waals surface area contributed by atoms with Crippen molar-refractivity contribution in [2.45, 2.75) is 25.4 Å². The highest BCUT2D eigenvalue weighted by Crippen LogP contribution is 2.27. The van der Waals surface area contributed by atoms with Crippen LogP contribution in [0.1, 0.15) is 19.3 Å². The number of allylic oxidation sites excluding steroid dienone is 1.